The Morgan fingerprint density at radius 1 is 0.944 bits per heavy atom. The van der Waals surface area contributed by atoms with Crippen molar-refractivity contribution in [3.8, 4) is 0 Å². The van der Waals surface area contributed by atoms with E-state index in [9.17, 15) is 18.0 Å². The number of amides is 2. The number of sulfonamides is 1. The van der Waals surface area contributed by atoms with E-state index in [2.05, 4.69) is 37.2 Å². The van der Waals surface area contributed by atoms with Gasteiger partial charge in [-0.05, 0) is 61.9 Å². The molecule has 0 aliphatic heterocycles. The van der Waals surface area contributed by atoms with E-state index in [0.29, 0.717) is 10.2 Å². The van der Waals surface area contributed by atoms with Crippen LogP contribution in [0.3, 0.4) is 0 Å². The molecule has 0 spiro atoms. The number of nitrogens with one attached hydrogen (secondary N) is 1. The molecular formula is C26H27Br2N3O4S. The Balaban J connectivity index is 2.02. The van der Waals surface area contributed by atoms with Gasteiger partial charge in [0, 0.05) is 22.5 Å². The van der Waals surface area contributed by atoms with Crippen LogP contribution >= 0.6 is 31.9 Å². The monoisotopic (exact) mass is 635 g/mol. The lowest BCUT2D eigenvalue weighted by molar-refractivity contribution is -0.139. The van der Waals surface area contributed by atoms with Gasteiger partial charge in [-0.2, -0.15) is 0 Å². The van der Waals surface area contributed by atoms with E-state index in [1.54, 1.807) is 43.3 Å². The largest absolute Gasteiger partial charge is 0.357 e. The van der Waals surface area contributed by atoms with Crippen LogP contribution in [0.2, 0.25) is 0 Å². The number of nitrogens with zero attached hydrogens (tertiary/aromatic N) is 2. The normalized spacial score (nSPS) is 12.0. The fourth-order valence-electron chi connectivity index (χ4n) is 3.58. The molecule has 0 radical (unpaired) electrons. The molecular weight excluding hydrogens is 610 g/mol. The molecule has 0 heterocycles. The van der Waals surface area contributed by atoms with Crippen LogP contribution in [0.15, 0.2) is 86.6 Å². The van der Waals surface area contributed by atoms with Gasteiger partial charge >= 0.3 is 0 Å². The van der Waals surface area contributed by atoms with Crippen molar-refractivity contribution in [2.75, 3.05) is 17.9 Å². The Morgan fingerprint density at radius 2 is 1.58 bits per heavy atom. The first kappa shape index (κ1) is 27.9. The third-order valence-corrected chi connectivity index (χ3v) is 8.47. The molecule has 0 saturated carbocycles. The molecule has 7 nitrogen and oxygen atoms in total. The van der Waals surface area contributed by atoms with Gasteiger partial charge in [-0.25, -0.2) is 8.42 Å². The molecule has 2 amide bonds. The van der Waals surface area contributed by atoms with Crippen LogP contribution in [0.1, 0.15) is 18.1 Å². The predicted molar refractivity (Wildman–Crippen MR) is 148 cm³/mol. The number of likely N-dealkylation sites (N-methyl/N-ethyl adjacent to an activating group) is 1. The molecule has 190 valence electrons. The minimum atomic E-state index is -4.09. The fraction of sp³-hybridized carbons (Fsp3) is 0.231. The van der Waals surface area contributed by atoms with Crippen molar-refractivity contribution in [3.05, 3.63) is 92.9 Å². The Labute approximate surface area is 228 Å². The molecule has 3 aromatic carbocycles. The summed E-state index contributed by atoms with van der Waals surface area (Å²) in [6.07, 6.45) is 0. The maximum Gasteiger partial charge on any atom is 0.264 e. The van der Waals surface area contributed by atoms with Crippen LogP contribution in [0.25, 0.3) is 0 Å². The van der Waals surface area contributed by atoms with Gasteiger partial charge in [0.15, 0.2) is 0 Å². The molecule has 0 aliphatic carbocycles. The molecule has 1 atom stereocenters. The number of hydrogen-bond donors (Lipinski definition) is 1. The van der Waals surface area contributed by atoms with Gasteiger partial charge in [-0.3, -0.25) is 13.9 Å². The highest BCUT2D eigenvalue weighted by Gasteiger charge is 2.32. The minimum absolute atomic E-state index is 0.0692. The zero-order valence-corrected chi connectivity index (χ0v) is 24.1. The zero-order valence-electron chi connectivity index (χ0n) is 20.1. The number of benzene rings is 3. The molecule has 10 heteroatoms. The highest BCUT2D eigenvalue weighted by atomic mass is 79.9. The summed E-state index contributed by atoms with van der Waals surface area (Å²) in [6, 6.07) is 19.8. The number of anilines is 1. The second-order valence-corrected chi connectivity index (χ2v) is 11.9. The number of carbonyl (C=O) groups is 2. The van der Waals surface area contributed by atoms with E-state index in [4.69, 9.17) is 0 Å². The van der Waals surface area contributed by atoms with Crippen LogP contribution in [-0.4, -0.2) is 44.8 Å². The van der Waals surface area contributed by atoms with Crippen molar-refractivity contribution in [2.24, 2.45) is 0 Å². The van der Waals surface area contributed by atoms with Crippen LogP contribution in [0.4, 0.5) is 5.69 Å². The van der Waals surface area contributed by atoms with Crippen molar-refractivity contribution >= 4 is 59.4 Å². The molecule has 0 unspecified atom stereocenters. The standard InChI is InChI=1S/C26H27Br2N3O4S/c1-18-7-13-24(14-8-18)36(34,35)31(23-6-4-5-22(28)15-23)17-25(32)30(19(2)26(33)29-3)16-20-9-11-21(27)12-10-20/h4-15,19H,16-17H2,1-3H3,(H,29,33)/t19-/m0/s1. The van der Waals surface area contributed by atoms with E-state index < -0.39 is 28.5 Å². The van der Waals surface area contributed by atoms with Crippen molar-refractivity contribution in [1.82, 2.24) is 10.2 Å². The summed E-state index contributed by atoms with van der Waals surface area (Å²) in [7, 11) is -2.59. The summed E-state index contributed by atoms with van der Waals surface area (Å²) >= 11 is 6.78. The molecule has 0 aliphatic rings. The first-order valence-corrected chi connectivity index (χ1v) is 14.2. The summed E-state index contributed by atoms with van der Waals surface area (Å²) in [4.78, 5) is 27.7. The summed E-state index contributed by atoms with van der Waals surface area (Å²) in [5.41, 5.74) is 2.05. The van der Waals surface area contributed by atoms with Gasteiger partial charge in [0.2, 0.25) is 11.8 Å². The Hall–Kier alpha value is -2.69. The average molecular weight is 637 g/mol. The van der Waals surface area contributed by atoms with Crippen LogP contribution in [-0.2, 0) is 26.2 Å². The Bertz CT molecular complexity index is 1330. The fourth-order valence-corrected chi connectivity index (χ4v) is 5.63. The smallest absolute Gasteiger partial charge is 0.264 e. The number of carbonyl (C=O) groups excluding carboxylic acids is 2. The van der Waals surface area contributed by atoms with Crippen LogP contribution < -0.4 is 9.62 Å². The molecule has 0 aromatic heterocycles. The van der Waals surface area contributed by atoms with Gasteiger partial charge in [-0.1, -0.05) is 67.8 Å². The minimum Gasteiger partial charge on any atom is -0.357 e. The summed E-state index contributed by atoms with van der Waals surface area (Å²) in [5.74, 6) is -0.861. The van der Waals surface area contributed by atoms with E-state index >= 15 is 0 Å². The van der Waals surface area contributed by atoms with Gasteiger partial charge in [0.25, 0.3) is 10.0 Å². The third-order valence-electron chi connectivity index (χ3n) is 5.66. The summed E-state index contributed by atoms with van der Waals surface area (Å²) in [6.45, 7) is 3.14. The van der Waals surface area contributed by atoms with E-state index in [1.807, 2.05) is 31.2 Å². The quantitative estimate of drug-likeness (QED) is 0.363. The molecule has 3 aromatic rings. The van der Waals surface area contributed by atoms with E-state index in [-0.39, 0.29) is 17.3 Å². The van der Waals surface area contributed by atoms with Crippen molar-refractivity contribution < 1.29 is 18.0 Å². The summed E-state index contributed by atoms with van der Waals surface area (Å²) < 4.78 is 30.1. The zero-order chi connectivity index (χ0) is 26.5. The van der Waals surface area contributed by atoms with E-state index in [0.717, 1.165) is 19.9 Å². The molecule has 0 bridgehead atoms. The SMILES string of the molecule is CNC(=O)[C@H](C)N(Cc1ccc(Br)cc1)C(=O)CN(c1cccc(Br)c1)S(=O)(=O)c1ccc(C)cc1. The topological polar surface area (TPSA) is 86.8 Å². The number of rotatable bonds is 9. The van der Waals surface area contributed by atoms with Gasteiger partial charge in [0.05, 0.1) is 10.6 Å². The van der Waals surface area contributed by atoms with Gasteiger partial charge in [0.1, 0.15) is 12.6 Å². The van der Waals surface area contributed by atoms with E-state index in [1.165, 1.54) is 24.1 Å². The van der Waals surface area contributed by atoms with Gasteiger partial charge in [-0.15, -0.1) is 0 Å². The highest BCUT2D eigenvalue weighted by molar-refractivity contribution is 9.10. The lowest BCUT2D eigenvalue weighted by Gasteiger charge is -2.31. The Kier molecular flexibility index (Phi) is 9.32. The highest BCUT2D eigenvalue weighted by Crippen LogP contribution is 2.27. The lowest BCUT2D eigenvalue weighted by atomic mass is 10.1. The number of halogens is 2. The molecule has 3 rings (SSSR count). The lowest BCUT2D eigenvalue weighted by Crippen LogP contribution is -2.50. The predicted octanol–water partition coefficient (Wildman–Crippen LogP) is 4.88. The second-order valence-electron chi connectivity index (χ2n) is 8.24. The second kappa shape index (κ2) is 12.0. The molecule has 0 saturated heterocycles. The number of aryl methyl sites for hydroxylation is 1. The van der Waals surface area contributed by atoms with Crippen molar-refractivity contribution in [1.29, 1.82) is 0 Å². The van der Waals surface area contributed by atoms with Gasteiger partial charge < -0.3 is 10.2 Å². The average Bonchev–Trinajstić information content (AvgIpc) is 2.86. The van der Waals surface area contributed by atoms with Crippen LogP contribution in [0, 0.1) is 6.92 Å². The van der Waals surface area contributed by atoms with Crippen LogP contribution in [0.5, 0.6) is 0 Å². The maximum absolute atomic E-state index is 13.7. The first-order chi connectivity index (χ1) is 17.0. The molecule has 0 fully saturated rings. The number of hydrogen-bond acceptors (Lipinski definition) is 4. The third kappa shape index (κ3) is 6.74. The summed E-state index contributed by atoms with van der Waals surface area (Å²) in [5, 5.41) is 2.57. The first-order valence-electron chi connectivity index (χ1n) is 11.1. The van der Waals surface area contributed by atoms with Crippen molar-refractivity contribution in [2.45, 2.75) is 31.3 Å². The maximum atomic E-state index is 13.7. The Morgan fingerprint density at radius 3 is 2.17 bits per heavy atom. The molecule has 36 heavy (non-hydrogen) atoms. The van der Waals surface area contributed by atoms with Crippen molar-refractivity contribution in [3.63, 3.8) is 0 Å². The molecule has 1 N–H and O–H groups in total.